The van der Waals surface area contributed by atoms with Gasteiger partial charge < -0.3 is 10.4 Å². The Morgan fingerprint density at radius 1 is 1.25 bits per heavy atom. The topological polar surface area (TPSA) is 66.4 Å². The van der Waals surface area contributed by atoms with Crippen LogP contribution >= 0.6 is 27.3 Å². The van der Waals surface area contributed by atoms with Crippen LogP contribution < -0.4 is 5.32 Å². The van der Waals surface area contributed by atoms with Crippen LogP contribution in [0.4, 0.5) is 0 Å². The minimum absolute atomic E-state index is 0.281. The predicted molar refractivity (Wildman–Crippen MR) is 81.1 cm³/mol. The first-order chi connectivity index (χ1) is 9.58. The lowest BCUT2D eigenvalue weighted by Gasteiger charge is -2.14. The predicted octanol–water partition coefficient (Wildman–Crippen LogP) is 2.94. The molecule has 1 atom stereocenters. The summed E-state index contributed by atoms with van der Waals surface area (Å²) in [6, 6.07) is 9.68. The van der Waals surface area contributed by atoms with E-state index in [2.05, 4.69) is 21.2 Å². The largest absolute Gasteiger partial charge is 0.480 e. The summed E-state index contributed by atoms with van der Waals surface area (Å²) >= 11 is 4.75. The third-order valence-electron chi connectivity index (χ3n) is 2.71. The van der Waals surface area contributed by atoms with Crippen molar-refractivity contribution in [3.05, 3.63) is 56.7 Å². The molecule has 0 spiro atoms. The van der Waals surface area contributed by atoms with E-state index < -0.39 is 17.9 Å². The van der Waals surface area contributed by atoms with E-state index in [0.717, 1.165) is 4.88 Å². The number of hydrogen-bond donors (Lipinski definition) is 2. The number of nitrogens with one attached hydrogen (secondary N) is 1. The van der Waals surface area contributed by atoms with Gasteiger partial charge in [-0.25, -0.2) is 4.79 Å². The number of hydrogen-bond acceptors (Lipinski definition) is 3. The van der Waals surface area contributed by atoms with Crippen LogP contribution in [0.25, 0.3) is 0 Å². The van der Waals surface area contributed by atoms with Crippen molar-refractivity contribution in [2.75, 3.05) is 0 Å². The fourth-order valence-corrected chi connectivity index (χ4v) is 2.93. The molecule has 20 heavy (non-hydrogen) atoms. The van der Waals surface area contributed by atoms with E-state index in [0.29, 0.717) is 10.0 Å². The van der Waals surface area contributed by atoms with Crippen LogP contribution in [-0.2, 0) is 11.2 Å². The minimum Gasteiger partial charge on any atom is -0.480 e. The van der Waals surface area contributed by atoms with Gasteiger partial charge in [0.2, 0.25) is 0 Å². The van der Waals surface area contributed by atoms with Crippen LogP contribution in [0.2, 0.25) is 0 Å². The van der Waals surface area contributed by atoms with Crippen LogP contribution in [-0.4, -0.2) is 23.0 Å². The molecule has 2 N–H and O–H groups in total. The number of amides is 1. The summed E-state index contributed by atoms with van der Waals surface area (Å²) in [7, 11) is 0. The monoisotopic (exact) mass is 353 g/mol. The van der Waals surface area contributed by atoms with Crippen molar-refractivity contribution < 1.29 is 14.7 Å². The molecule has 1 heterocycles. The highest BCUT2D eigenvalue weighted by atomic mass is 79.9. The molecule has 0 saturated carbocycles. The van der Waals surface area contributed by atoms with Crippen molar-refractivity contribution in [3.63, 3.8) is 0 Å². The van der Waals surface area contributed by atoms with Crippen LogP contribution in [0.15, 0.2) is 46.3 Å². The van der Waals surface area contributed by atoms with E-state index in [4.69, 9.17) is 0 Å². The molecular formula is C14H12BrNO3S. The van der Waals surface area contributed by atoms with Crippen LogP contribution in [0.1, 0.15) is 15.2 Å². The molecule has 0 radical (unpaired) electrons. The Kier molecular flexibility index (Phi) is 4.92. The maximum Gasteiger partial charge on any atom is 0.326 e. The molecule has 1 aromatic heterocycles. The number of thiophene rings is 1. The average Bonchev–Trinajstić information content (AvgIpc) is 2.91. The zero-order valence-electron chi connectivity index (χ0n) is 10.4. The highest BCUT2D eigenvalue weighted by Gasteiger charge is 2.22. The first-order valence-corrected chi connectivity index (χ1v) is 7.56. The van der Waals surface area contributed by atoms with Gasteiger partial charge in [0.25, 0.3) is 5.91 Å². The first-order valence-electron chi connectivity index (χ1n) is 5.88. The van der Waals surface area contributed by atoms with Gasteiger partial charge in [0, 0.05) is 15.8 Å². The summed E-state index contributed by atoms with van der Waals surface area (Å²) in [5, 5.41) is 13.6. The SMILES string of the molecule is O=C(N[C@@H](Cc1cccs1)C(=O)O)c1ccccc1Br. The van der Waals surface area contributed by atoms with Crippen LogP contribution in [0, 0.1) is 0 Å². The van der Waals surface area contributed by atoms with Gasteiger partial charge in [-0.15, -0.1) is 11.3 Å². The maximum absolute atomic E-state index is 12.1. The number of halogens is 1. The van der Waals surface area contributed by atoms with E-state index in [1.165, 1.54) is 11.3 Å². The standard InChI is InChI=1S/C14H12BrNO3S/c15-11-6-2-1-5-10(11)13(17)16-12(14(18)19)8-9-4-3-7-20-9/h1-7,12H,8H2,(H,16,17)(H,18,19)/t12-/m0/s1. The quantitative estimate of drug-likeness (QED) is 0.868. The minimum atomic E-state index is -1.04. The lowest BCUT2D eigenvalue weighted by Crippen LogP contribution is -2.42. The molecular weight excluding hydrogens is 342 g/mol. The fraction of sp³-hybridized carbons (Fsp3) is 0.143. The Morgan fingerprint density at radius 3 is 2.60 bits per heavy atom. The molecule has 0 fully saturated rings. The van der Waals surface area contributed by atoms with Gasteiger partial charge in [0.1, 0.15) is 6.04 Å². The number of carboxylic acid groups (broad SMARTS) is 1. The third kappa shape index (κ3) is 3.68. The molecule has 0 saturated heterocycles. The van der Waals surface area contributed by atoms with Crippen LogP contribution in [0.3, 0.4) is 0 Å². The normalized spacial score (nSPS) is 11.8. The van der Waals surface area contributed by atoms with Crippen molar-refractivity contribution in [3.8, 4) is 0 Å². The van der Waals surface area contributed by atoms with Gasteiger partial charge in [0.15, 0.2) is 0 Å². The molecule has 0 aliphatic rings. The molecule has 4 nitrogen and oxygen atoms in total. The summed E-state index contributed by atoms with van der Waals surface area (Å²) in [6.45, 7) is 0. The molecule has 6 heteroatoms. The Hall–Kier alpha value is -1.66. The summed E-state index contributed by atoms with van der Waals surface area (Å²) in [6.07, 6.45) is 0.281. The second kappa shape index (κ2) is 6.67. The molecule has 1 aromatic carbocycles. The first kappa shape index (κ1) is 14.7. The van der Waals surface area contributed by atoms with E-state index in [1.54, 1.807) is 24.3 Å². The fourth-order valence-electron chi connectivity index (χ4n) is 1.71. The molecule has 1 amide bonds. The number of carbonyl (C=O) groups excluding carboxylic acids is 1. The second-order valence-corrected chi connectivity index (χ2v) is 6.01. The van der Waals surface area contributed by atoms with Gasteiger partial charge >= 0.3 is 5.97 Å². The number of carboxylic acids is 1. The van der Waals surface area contributed by atoms with E-state index >= 15 is 0 Å². The molecule has 2 aromatic rings. The Morgan fingerprint density at radius 2 is 2.00 bits per heavy atom. The third-order valence-corrected chi connectivity index (χ3v) is 4.30. The molecule has 0 unspecified atom stereocenters. The number of carbonyl (C=O) groups is 2. The average molecular weight is 354 g/mol. The summed E-state index contributed by atoms with van der Waals surface area (Å²) in [5.41, 5.74) is 0.421. The molecule has 104 valence electrons. The van der Waals surface area contributed by atoms with Gasteiger partial charge in [0.05, 0.1) is 5.56 Å². The highest BCUT2D eigenvalue weighted by molar-refractivity contribution is 9.10. The van der Waals surface area contributed by atoms with Crippen molar-refractivity contribution >= 4 is 39.1 Å². The van der Waals surface area contributed by atoms with Crippen molar-refractivity contribution in [1.82, 2.24) is 5.32 Å². The van der Waals surface area contributed by atoms with Gasteiger partial charge in [-0.05, 0) is 39.5 Å². The molecule has 2 rings (SSSR count). The maximum atomic E-state index is 12.1. The van der Waals surface area contributed by atoms with Gasteiger partial charge in [-0.2, -0.15) is 0 Å². The number of benzene rings is 1. The lowest BCUT2D eigenvalue weighted by atomic mass is 10.1. The smallest absolute Gasteiger partial charge is 0.326 e. The van der Waals surface area contributed by atoms with E-state index in [1.807, 2.05) is 17.5 Å². The summed E-state index contributed by atoms with van der Waals surface area (Å²) in [5.74, 6) is -1.44. The van der Waals surface area contributed by atoms with Crippen LogP contribution in [0.5, 0.6) is 0 Å². The number of rotatable bonds is 5. The Labute approximate surface area is 128 Å². The van der Waals surface area contributed by atoms with Crippen molar-refractivity contribution in [1.29, 1.82) is 0 Å². The van der Waals surface area contributed by atoms with E-state index in [-0.39, 0.29) is 6.42 Å². The van der Waals surface area contributed by atoms with E-state index in [9.17, 15) is 14.7 Å². The molecule has 0 aliphatic carbocycles. The highest BCUT2D eigenvalue weighted by Crippen LogP contribution is 2.16. The second-order valence-electron chi connectivity index (χ2n) is 4.13. The number of aliphatic carboxylic acids is 1. The zero-order valence-corrected chi connectivity index (χ0v) is 12.8. The van der Waals surface area contributed by atoms with Crippen molar-refractivity contribution in [2.24, 2.45) is 0 Å². The van der Waals surface area contributed by atoms with Gasteiger partial charge in [-0.1, -0.05) is 18.2 Å². The molecule has 0 bridgehead atoms. The van der Waals surface area contributed by atoms with Crippen molar-refractivity contribution in [2.45, 2.75) is 12.5 Å². The summed E-state index contributed by atoms with van der Waals surface area (Å²) < 4.78 is 0.637. The molecule has 0 aliphatic heterocycles. The Bertz CT molecular complexity index is 613. The summed E-state index contributed by atoms with van der Waals surface area (Å²) in [4.78, 5) is 24.3. The lowest BCUT2D eigenvalue weighted by molar-refractivity contribution is -0.139. The Balaban J connectivity index is 2.10. The zero-order chi connectivity index (χ0) is 14.5. The van der Waals surface area contributed by atoms with Gasteiger partial charge in [-0.3, -0.25) is 4.79 Å².